The molecule has 0 aliphatic carbocycles. The summed E-state index contributed by atoms with van der Waals surface area (Å²) in [5.41, 5.74) is 5.57. The van der Waals surface area contributed by atoms with E-state index in [2.05, 4.69) is 45.1 Å². The van der Waals surface area contributed by atoms with Crippen LogP contribution in [0.2, 0.25) is 0 Å². The molecule has 2 heterocycles. The van der Waals surface area contributed by atoms with Gasteiger partial charge < -0.3 is 10.1 Å². The number of hydrogen-bond acceptors (Lipinski definition) is 2. The third-order valence-corrected chi connectivity index (χ3v) is 5.03. The number of aryl methyl sites for hydroxylation is 1. The molecule has 2 aliphatic rings. The smallest absolute Gasteiger partial charge is 0.0892 e. The van der Waals surface area contributed by atoms with Crippen LogP contribution in [0.3, 0.4) is 0 Å². The van der Waals surface area contributed by atoms with Crippen LogP contribution in [0, 0.1) is 12.8 Å². The van der Waals surface area contributed by atoms with Crippen LogP contribution < -0.4 is 5.32 Å². The second-order valence-corrected chi connectivity index (χ2v) is 6.71. The molecule has 0 amide bonds. The van der Waals surface area contributed by atoms with E-state index in [0.29, 0.717) is 24.0 Å². The topological polar surface area (TPSA) is 21.3 Å². The fourth-order valence-electron chi connectivity index (χ4n) is 3.97. The first-order valence-corrected chi connectivity index (χ1v) is 8.14. The quantitative estimate of drug-likeness (QED) is 0.836. The molecule has 3 rings (SSSR count). The summed E-state index contributed by atoms with van der Waals surface area (Å²) in [5.74, 6) is 1.22. The van der Waals surface area contributed by atoms with Gasteiger partial charge in [0.05, 0.1) is 6.10 Å². The van der Waals surface area contributed by atoms with E-state index in [1.807, 2.05) is 0 Å². The predicted octanol–water partition coefficient (Wildman–Crippen LogP) is 4.79. The Morgan fingerprint density at radius 3 is 2.85 bits per heavy atom. The van der Waals surface area contributed by atoms with Crippen molar-refractivity contribution in [1.29, 1.82) is 0 Å². The number of hydrogen-bond donors (Lipinski definition) is 1. The zero-order valence-electron chi connectivity index (χ0n) is 13.2. The molecule has 110 valence electrons. The van der Waals surface area contributed by atoms with Crippen molar-refractivity contribution in [3.05, 3.63) is 28.8 Å². The maximum absolute atomic E-state index is 6.18. The molecule has 0 aromatic heterocycles. The summed E-state index contributed by atoms with van der Waals surface area (Å²) < 4.78 is 6.18. The summed E-state index contributed by atoms with van der Waals surface area (Å²) in [6.45, 7) is 9.98. The van der Waals surface area contributed by atoms with Gasteiger partial charge in [-0.1, -0.05) is 26.8 Å². The summed E-state index contributed by atoms with van der Waals surface area (Å²) in [6, 6.07) is 5.30. The molecular formula is C18H27NO. The number of fused-ring (bicyclic) bond motifs is 3. The van der Waals surface area contributed by atoms with Crippen LogP contribution in [-0.4, -0.2) is 12.6 Å². The van der Waals surface area contributed by atoms with Gasteiger partial charge >= 0.3 is 0 Å². The molecule has 2 heteroatoms. The molecule has 1 aromatic rings. The van der Waals surface area contributed by atoms with E-state index in [1.165, 1.54) is 41.6 Å². The van der Waals surface area contributed by atoms with Crippen molar-refractivity contribution >= 4 is 5.69 Å². The van der Waals surface area contributed by atoms with E-state index in [0.717, 1.165) is 6.61 Å². The first kappa shape index (κ1) is 13.9. The number of nitrogens with one attached hydrogen (secondary N) is 1. The Labute approximate surface area is 122 Å². The maximum Gasteiger partial charge on any atom is 0.0892 e. The average molecular weight is 273 g/mol. The van der Waals surface area contributed by atoms with Crippen LogP contribution in [0.15, 0.2) is 12.1 Å². The SMILES string of the molecule is CC[C@@H]1Nc2cc(C)c(C(C)C)cc2[C@H]2OCCC[C@@H]12. The minimum absolute atomic E-state index is 0.308. The average Bonchev–Trinajstić information content (AvgIpc) is 2.45. The number of ether oxygens (including phenoxy) is 1. The molecule has 2 nitrogen and oxygen atoms in total. The molecule has 20 heavy (non-hydrogen) atoms. The van der Waals surface area contributed by atoms with Gasteiger partial charge in [-0.25, -0.2) is 0 Å². The Morgan fingerprint density at radius 2 is 2.15 bits per heavy atom. The summed E-state index contributed by atoms with van der Waals surface area (Å²) >= 11 is 0. The van der Waals surface area contributed by atoms with Crippen LogP contribution in [0.1, 0.15) is 68.7 Å². The molecular weight excluding hydrogens is 246 g/mol. The Kier molecular flexibility index (Phi) is 3.76. The first-order chi connectivity index (χ1) is 9.61. The normalized spacial score (nSPS) is 28.8. The highest BCUT2D eigenvalue weighted by Gasteiger charge is 2.38. The second kappa shape index (κ2) is 5.40. The highest BCUT2D eigenvalue weighted by molar-refractivity contribution is 5.60. The van der Waals surface area contributed by atoms with Crippen molar-refractivity contribution in [1.82, 2.24) is 0 Å². The van der Waals surface area contributed by atoms with E-state index in [-0.39, 0.29) is 0 Å². The van der Waals surface area contributed by atoms with Crippen LogP contribution in [0.25, 0.3) is 0 Å². The minimum Gasteiger partial charge on any atom is -0.382 e. The van der Waals surface area contributed by atoms with Crippen LogP contribution >= 0.6 is 0 Å². The van der Waals surface area contributed by atoms with Crippen LogP contribution in [0.4, 0.5) is 5.69 Å². The van der Waals surface area contributed by atoms with Gasteiger partial charge in [-0.05, 0) is 49.3 Å². The highest BCUT2D eigenvalue weighted by Crippen LogP contribution is 2.45. The van der Waals surface area contributed by atoms with Gasteiger partial charge in [0, 0.05) is 29.8 Å². The molecule has 3 atom stereocenters. The van der Waals surface area contributed by atoms with Crippen molar-refractivity contribution in [3.8, 4) is 0 Å². The monoisotopic (exact) mass is 273 g/mol. The minimum atomic E-state index is 0.308. The lowest BCUT2D eigenvalue weighted by atomic mass is 9.78. The number of benzene rings is 1. The lowest BCUT2D eigenvalue weighted by Crippen LogP contribution is -2.41. The molecule has 1 saturated heterocycles. The zero-order valence-corrected chi connectivity index (χ0v) is 13.2. The van der Waals surface area contributed by atoms with E-state index in [9.17, 15) is 0 Å². The fraction of sp³-hybridized carbons (Fsp3) is 0.667. The fourth-order valence-corrected chi connectivity index (χ4v) is 3.97. The van der Waals surface area contributed by atoms with E-state index >= 15 is 0 Å². The van der Waals surface area contributed by atoms with Crippen LogP contribution in [-0.2, 0) is 4.74 Å². The van der Waals surface area contributed by atoms with Gasteiger partial charge in [-0.2, -0.15) is 0 Å². The molecule has 0 bridgehead atoms. The molecule has 1 N–H and O–H groups in total. The van der Waals surface area contributed by atoms with Crippen molar-refractivity contribution in [2.75, 3.05) is 11.9 Å². The lowest BCUT2D eigenvalue weighted by Gasteiger charge is -2.43. The van der Waals surface area contributed by atoms with Crippen molar-refractivity contribution in [2.45, 2.75) is 65.0 Å². The van der Waals surface area contributed by atoms with E-state index < -0.39 is 0 Å². The Balaban J connectivity index is 2.05. The number of anilines is 1. The van der Waals surface area contributed by atoms with E-state index in [1.54, 1.807) is 0 Å². The Bertz CT molecular complexity index is 494. The van der Waals surface area contributed by atoms with Gasteiger partial charge in [-0.15, -0.1) is 0 Å². The summed E-state index contributed by atoms with van der Waals surface area (Å²) in [4.78, 5) is 0. The van der Waals surface area contributed by atoms with Gasteiger partial charge in [0.25, 0.3) is 0 Å². The molecule has 0 spiro atoms. The largest absolute Gasteiger partial charge is 0.382 e. The first-order valence-electron chi connectivity index (χ1n) is 8.14. The van der Waals surface area contributed by atoms with E-state index in [4.69, 9.17) is 4.74 Å². The van der Waals surface area contributed by atoms with Crippen LogP contribution in [0.5, 0.6) is 0 Å². The second-order valence-electron chi connectivity index (χ2n) is 6.71. The lowest BCUT2D eigenvalue weighted by molar-refractivity contribution is -0.0380. The Hall–Kier alpha value is -1.02. The molecule has 0 radical (unpaired) electrons. The number of rotatable bonds is 2. The van der Waals surface area contributed by atoms with Gasteiger partial charge in [0.1, 0.15) is 0 Å². The highest BCUT2D eigenvalue weighted by atomic mass is 16.5. The molecule has 1 aromatic carbocycles. The molecule has 0 unspecified atom stereocenters. The third-order valence-electron chi connectivity index (χ3n) is 5.03. The van der Waals surface area contributed by atoms with Gasteiger partial charge in [-0.3, -0.25) is 0 Å². The summed E-state index contributed by atoms with van der Waals surface area (Å²) in [5, 5.41) is 3.77. The standard InChI is InChI=1S/C18H27NO/c1-5-16-13-7-6-8-20-18(13)15-10-14(11(2)3)12(4)9-17(15)19-16/h9-11,13,16,18-19H,5-8H2,1-4H3/t13-,16-,18-/m0/s1. The van der Waals surface area contributed by atoms with Gasteiger partial charge in [0.2, 0.25) is 0 Å². The molecule has 1 fully saturated rings. The molecule has 2 aliphatic heterocycles. The van der Waals surface area contributed by atoms with Gasteiger partial charge in [0.15, 0.2) is 0 Å². The van der Waals surface area contributed by atoms with Crippen molar-refractivity contribution in [2.24, 2.45) is 5.92 Å². The van der Waals surface area contributed by atoms with Crippen molar-refractivity contribution in [3.63, 3.8) is 0 Å². The van der Waals surface area contributed by atoms with Crippen molar-refractivity contribution < 1.29 is 4.74 Å². The predicted molar refractivity (Wildman–Crippen MR) is 84.4 cm³/mol. The summed E-state index contributed by atoms with van der Waals surface area (Å²) in [6.07, 6.45) is 3.98. The Morgan fingerprint density at radius 1 is 1.35 bits per heavy atom. The maximum atomic E-state index is 6.18. The summed E-state index contributed by atoms with van der Waals surface area (Å²) in [7, 11) is 0. The zero-order chi connectivity index (χ0) is 14.3. The molecule has 0 saturated carbocycles. The third kappa shape index (κ3) is 2.24.